The van der Waals surface area contributed by atoms with Crippen LogP contribution in [0.15, 0.2) is 36.4 Å². The normalized spacial score (nSPS) is 16.2. The van der Waals surface area contributed by atoms with Crippen molar-refractivity contribution in [1.29, 1.82) is 0 Å². The molecule has 9 heteroatoms. The molecule has 3 N–H and O–H groups in total. The minimum absolute atomic E-state index is 0.311. The molecule has 0 aromatic heterocycles. The van der Waals surface area contributed by atoms with Crippen LogP contribution < -0.4 is 34.6 Å². The van der Waals surface area contributed by atoms with Crippen molar-refractivity contribution in [2.75, 3.05) is 52.5 Å². The molecule has 0 aliphatic carbocycles. The van der Waals surface area contributed by atoms with E-state index in [9.17, 15) is 0 Å². The van der Waals surface area contributed by atoms with E-state index in [0.717, 1.165) is 55.7 Å². The Balaban J connectivity index is 1.26. The summed E-state index contributed by atoms with van der Waals surface area (Å²) in [5.41, 5.74) is 5.31. The third kappa shape index (κ3) is 4.86. The van der Waals surface area contributed by atoms with Crippen LogP contribution >= 0.6 is 12.2 Å². The quantitative estimate of drug-likeness (QED) is 0.587. The lowest BCUT2D eigenvalue weighted by atomic mass is 10.2. The second-order valence-electron chi connectivity index (χ2n) is 7.23. The summed E-state index contributed by atoms with van der Waals surface area (Å²) in [6.07, 6.45) is 0. The molecule has 0 bridgehead atoms. The summed E-state index contributed by atoms with van der Waals surface area (Å²) in [5, 5.41) is 5.87. The van der Waals surface area contributed by atoms with Gasteiger partial charge in [-0.2, -0.15) is 0 Å². The average molecular weight is 432 g/mol. The number of ether oxygens (including phenoxy) is 4. The molecule has 0 amide bonds. The van der Waals surface area contributed by atoms with Gasteiger partial charge in [-0.05, 0) is 42.5 Å². The first-order valence-electron chi connectivity index (χ1n) is 9.91. The van der Waals surface area contributed by atoms with Crippen molar-refractivity contribution in [3.05, 3.63) is 42.0 Å². The monoisotopic (exact) mass is 431 g/mol. The maximum atomic E-state index is 5.49. The van der Waals surface area contributed by atoms with E-state index in [-0.39, 0.29) is 0 Å². The van der Waals surface area contributed by atoms with Crippen LogP contribution in [0.3, 0.4) is 0 Å². The zero-order valence-electron chi connectivity index (χ0n) is 17.2. The molecule has 30 heavy (non-hydrogen) atoms. The van der Waals surface area contributed by atoms with Gasteiger partial charge in [0.2, 0.25) is 6.79 Å². The van der Waals surface area contributed by atoms with E-state index in [1.807, 2.05) is 24.3 Å². The highest BCUT2D eigenvalue weighted by Gasteiger charge is 2.22. The van der Waals surface area contributed by atoms with E-state index >= 15 is 0 Å². The van der Waals surface area contributed by atoms with E-state index in [1.54, 1.807) is 14.2 Å². The predicted molar refractivity (Wildman–Crippen MR) is 117 cm³/mol. The Kier molecular flexibility index (Phi) is 6.41. The molecule has 0 saturated carbocycles. The molecule has 2 aliphatic heterocycles. The van der Waals surface area contributed by atoms with Crippen molar-refractivity contribution in [3.8, 4) is 23.0 Å². The maximum Gasteiger partial charge on any atom is 0.231 e. The van der Waals surface area contributed by atoms with E-state index < -0.39 is 0 Å². The number of hydrazine groups is 1. The Morgan fingerprint density at radius 3 is 2.63 bits per heavy atom. The van der Waals surface area contributed by atoms with Crippen LogP contribution in [0.1, 0.15) is 5.56 Å². The number of nitrogens with one attached hydrogen (secondary N) is 3. The van der Waals surface area contributed by atoms with E-state index in [1.165, 1.54) is 10.5 Å². The summed E-state index contributed by atoms with van der Waals surface area (Å²) in [5.74, 6) is 3.12. The first-order chi connectivity index (χ1) is 14.6. The number of rotatable bonds is 6. The summed E-state index contributed by atoms with van der Waals surface area (Å²) < 4.78 is 21.5. The van der Waals surface area contributed by atoms with Gasteiger partial charge < -0.3 is 29.2 Å². The first-order valence-corrected chi connectivity index (χ1v) is 10.3. The number of benzene rings is 2. The number of thiocarbonyl (C=S) groups is 1. The zero-order valence-corrected chi connectivity index (χ0v) is 18.0. The van der Waals surface area contributed by atoms with Crippen LogP contribution in [0.2, 0.25) is 0 Å². The van der Waals surface area contributed by atoms with Gasteiger partial charge >= 0.3 is 0 Å². The fraction of sp³-hybridized carbons (Fsp3) is 0.381. The van der Waals surface area contributed by atoms with Crippen molar-refractivity contribution in [1.82, 2.24) is 10.4 Å². The summed E-state index contributed by atoms with van der Waals surface area (Å²) in [7, 11) is 3.26. The SMILES string of the molecule is COc1ccc(OC)c(NC(=S)NN2CC[NH+](Cc3ccc4c(c3)OCO4)CC2)c1. The van der Waals surface area contributed by atoms with Crippen LogP contribution in [0.25, 0.3) is 0 Å². The maximum absolute atomic E-state index is 5.49. The number of hydrogen-bond acceptors (Lipinski definition) is 6. The number of piperazine rings is 1. The lowest BCUT2D eigenvalue weighted by Crippen LogP contribution is -3.13. The second kappa shape index (κ2) is 9.38. The fourth-order valence-electron chi connectivity index (χ4n) is 3.66. The Morgan fingerprint density at radius 1 is 1.07 bits per heavy atom. The van der Waals surface area contributed by atoms with Crippen LogP contribution in [-0.2, 0) is 6.54 Å². The molecule has 4 rings (SSSR count). The Hall–Kier alpha value is -2.75. The van der Waals surface area contributed by atoms with Gasteiger partial charge in [0.05, 0.1) is 46.1 Å². The van der Waals surface area contributed by atoms with Gasteiger partial charge in [-0.15, -0.1) is 0 Å². The molecule has 0 atom stereocenters. The van der Waals surface area contributed by atoms with Crippen molar-refractivity contribution in [3.63, 3.8) is 0 Å². The molecular formula is C21H27N4O4S+. The molecule has 8 nitrogen and oxygen atoms in total. The topological polar surface area (TPSA) is 68.7 Å². The van der Waals surface area contributed by atoms with E-state index in [2.05, 4.69) is 27.9 Å². The summed E-state index contributed by atoms with van der Waals surface area (Å²) in [6, 6.07) is 11.8. The molecule has 1 fully saturated rings. The zero-order chi connectivity index (χ0) is 20.9. The van der Waals surface area contributed by atoms with Crippen LogP contribution in [0.5, 0.6) is 23.0 Å². The minimum Gasteiger partial charge on any atom is -0.497 e. The predicted octanol–water partition coefficient (Wildman–Crippen LogP) is 1.03. The number of nitrogens with zero attached hydrogens (tertiary/aromatic N) is 1. The highest BCUT2D eigenvalue weighted by molar-refractivity contribution is 7.80. The van der Waals surface area contributed by atoms with Crippen molar-refractivity contribution in [2.45, 2.75) is 6.54 Å². The van der Waals surface area contributed by atoms with Gasteiger partial charge in [0.1, 0.15) is 18.0 Å². The first kappa shape index (κ1) is 20.5. The smallest absolute Gasteiger partial charge is 0.231 e. The number of anilines is 1. The van der Waals surface area contributed by atoms with Crippen LogP contribution in [0.4, 0.5) is 5.69 Å². The average Bonchev–Trinajstić information content (AvgIpc) is 3.23. The van der Waals surface area contributed by atoms with Crippen molar-refractivity contribution < 1.29 is 23.8 Å². The van der Waals surface area contributed by atoms with Crippen molar-refractivity contribution >= 4 is 23.0 Å². The third-order valence-electron chi connectivity index (χ3n) is 5.28. The number of hydrogen-bond donors (Lipinski definition) is 3. The third-order valence-corrected chi connectivity index (χ3v) is 5.47. The van der Waals surface area contributed by atoms with Gasteiger partial charge in [0.15, 0.2) is 16.6 Å². The highest BCUT2D eigenvalue weighted by Crippen LogP contribution is 2.32. The largest absolute Gasteiger partial charge is 0.497 e. The van der Waals surface area contributed by atoms with Crippen LogP contribution in [-0.4, -0.2) is 57.3 Å². The molecule has 1 saturated heterocycles. The molecule has 0 radical (unpaired) electrons. The number of fused-ring (bicyclic) bond motifs is 1. The Bertz CT molecular complexity index is 903. The Labute approximate surface area is 181 Å². The fourth-order valence-corrected chi connectivity index (χ4v) is 3.90. The Morgan fingerprint density at radius 2 is 1.87 bits per heavy atom. The lowest BCUT2D eigenvalue weighted by Gasteiger charge is -2.33. The summed E-state index contributed by atoms with van der Waals surface area (Å²) in [4.78, 5) is 1.53. The molecule has 2 aromatic rings. The van der Waals surface area contributed by atoms with Gasteiger partial charge in [-0.25, -0.2) is 5.01 Å². The molecule has 0 spiro atoms. The lowest BCUT2D eigenvalue weighted by molar-refractivity contribution is -0.918. The summed E-state index contributed by atoms with van der Waals surface area (Å²) >= 11 is 5.49. The summed E-state index contributed by atoms with van der Waals surface area (Å²) in [6.45, 7) is 5.12. The highest BCUT2D eigenvalue weighted by atomic mass is 32.1. The van der Waals surface area contributed by atoms with Crippen molar-refractivity contribution in [2.24, 2.45) is 0 Å². The van der Waals surface area contributed by atoms with Gasteiger partial charge in [0, 0.05) is 11.6 Å². The molecule has 160 valence electrons. The minimum atomic E-state index is 0.311. The number of methoxy groups -OCH3 is 2. The molecular weight excluding hydrogens is 404 g/mol. The van der Waals surface area contributed by atoms with E-state index in [0.29, 0.717) is 17.7 Å². The molecule has 2 heterocycles. The molecule has 2 aliphatic rings. The van der Waals surface area contributed by atoms with E-state index in [4.69, 9.17) is 31.2 Å². The molecule has 0 unspecified atom stereocenters. The van der Waals surface area contributed by atoms with Gasteiger partial charge in [0.25, 0.3) is 0 Å². The second-order valence-corrected chi connectivity index (χ2v) is 7.64. The number of quaternary nitrogens is 1. The van der Waals surface area contributed by atoms with Gasteiger partial charge in [-0.1, -0.05) is 0 Å². The van der Waals surface area contributed by atoms with Crippen LogP contribution in [0, 0.1) is 0 Å². The van der Waals surface area contributed by atoms with Gasteiger partial charge in [-0.3, -0.25) is 5.43 Å². The standard InChI is InChI=1S/C21H26N4O4S/c1-26-16-4-6-18(27-2)17(12-16)22-21(30)23-25-9-7-24(8-10-25)13-15-3-5-19-20(11-15)29-14-28-19/h3-6,11-12H,7-10,13-14H2,1-2H3,(H2,22,23,30)/p+1. The molecule has 2 aromatic carbocycles.